The van der Waals surface area contributed by atoms with Crippen LogP contribution in [0.15, 0.2) is 65.8 Å². The van der Waals surface area contributed by atoms with Crippen molar-refractivity contribution in [2.45, 2.75) is 0 Å². The third-order valence-electron chi connectivity index (χ3n) is 4.58. The predicted molar refractivity (Wildman–Crippen MR) is 122 cm³/mol. The van der Waals surface area contributed by atoms with E-state index in [0.29, 0.717) is 39.6 Å². The molecule has 3 aromatic carbocycles. The van der Waals surface area contributed by atoms with Crippen molar-refractivity contribution >= 4 is 23.7 Å². The van der Waals surface area contributed by atoms with Crippen LogP contribution in [0.5, 0.6) is 17.2 Å². The van der Waals surface area contributed by atoms with Crippen molar-refractivity contribution in [2.75, 3.05) is 26.6 Å². The van der Waals surface area contributed by atoms with Crippen LogP contribution < -0.4 is 25.0 Å². The summed E-state index contributed by atoms with van der Waals surface area (Å²) in [6.45, 7) is 0. The summed E-state index contributed by atoms with van der Waals surface area (Å²) < 4.78 is 28.7. The van der Waals surface area contributed by atoms with Crippen molar-refractivity contribution < 1.29 is 28.2 Å². The van der Waals surface area contributed by atoms with Crippen LogP contribution >= 0.6 is 0 Å². The second-order valence-electron chi connectivity index (χ2n) is 6.70. The van der Waals surface area contributed by atoms with E-state index in [-0.39, 0.29) is 5.82 Å². The Morgan fingerprint density at radius 2 is 1.42 bits per heavy atom. The number of hydrazone groups is 1. The van der Waals surface area contributed by atoms with E-state index in [1.165, 1.54) is 63.9 Å². The molecule has 0 aliphatic heterocycles. The van der Waals surface area contributed by atoms with E-state index in [4.69, 9.17) is 14.2 Å². The van der Waals surface area contributed by atoms with Crippen LogP contribution in [0, 0.1) is 5.82 Å². The molecule has 3 rings (SSSR count). The summed E-state index contributed by atoms with van der Waals surface area (Å²) in [5, 5.41) is 6.60. The third kappa shape index (κ3) is 5.85. The number of amides is 2. The van der Waals surface area contributed by atoms with Gasteiger partial charge in [-0.25, -0.2) is 9.82 Å². The number of halogens is 1. The molecule has 2 N–H and O–H groups in total. The highest BCUT2D eigenvalue weighted by molar-refractivity contribution is 6.05. The highest BCUT2D eigenvalue weighted by atomic mass is 19.1. The lowest BCUT2D eigenvalue weighted by atomic mass is 10.1. The highest BCUT2D eigenvalue weighted by Crippen LogP contribution is 2.38. The van der Waals surface area contributed by atoms with Gasteiger partial charge in [0.2, 0.25) is 5.75 Å². The van der Waals surface area contributed by atoms with Crippen LogP contribution in [0.4, 0.5) is 10.1 Å². The van der Waals surface area contributed by atoms with Gasteiger partial charge in [-0.1, -0.05) is 12.1 Å². The number of hydrogen-bond acceptors (Lipinski definition) is 6. The van der Waals surface area contributed by atoms with Crippen LogP contribution in [0.1, 0.15) is 26.3 Å². The molecule has 33 heavy (non-hydrogen) atoms. The number of carbonyl (C=O) groups excluding carboxylic acids is 2. The quantitative estimate of drug-likeness (QED) is 0.400. The minimum absolute atomic E-state index is 0.307. The van der Waals surface area contributed by atoms with Crippen molar-refractivity contribution in [2.24, 2.45) is 5.10 Å². The molecule has 0 aromatic heterocycles. The zero-order valence-corrected chi connectivity index (χ0v) is 18.2. The molecular weight excluding hydrogens is 429 g/mol. The van der Waals surface area contributed by atoms with Gasteiger partial charge in [-0.2, -0.15) is 5.10 Å². The Hall–Kier alpha value is -4.40. The number of ether oxygens (including phenoxy) is 3. The molecular formula is C24H22FN3O5. The summed E-state index contributed by atoms with van der Waals surface area (Å²) in [6, 6.07) is 15.0. The average molecular weight is 451 g/mol. The first-order valence-electron chi connectivity index (χ1n) is 9.75. The van der Waals surface area contributed by atoms with E-state index in [0.717, 1.165) is 0 Å². The van der Waals surface area contributed by atoms with Gasteiger partial charge < -0.3 is 19.5 Å². The van der Waals surface area contributed by atoms with Gasteiger partial charge in [-0.15, -0.1) is 0 Å². The first-order valence-corrected chi connectivity index (χ1v) is 9.75. The monoisotopic (exact) mass is 451 g/mol. The number of carbonyl (C=O) groups is 2. The topological polar surface area (TPSA) is 98.2 Å². The summed E-state index contributed by atoms with van der Waals surface area (Å²) in [4.78, 5) is 24.9. The Bertz CT molecular complexity index is 1140. The molecule has 0 aliphatic carbocycles. The zero-order chi connectivity index (χ0) is 23.8. The van der Waals surface area contributed by atoms with Crippen LogP contribution in [0.25, 0.3) is 0 Å². The van der Waals surface area contributed by atoms with Crippen molar-refractivity contribution in [3.05, 3.63) is 83.2 Å². The fraction of sp³-hybridized carbons (Fsp3) is 0.125. The summed E-state index contributed by atoms with van der Waals surface area (Å²) in [5.74, 6) is -0.0840. The van der Waals surface area contributed by atoms with Gasteiger partial charge in [0.05, 0.1) is 27.5 Å². The SMILES string of the molecule is COc1cc(C(=O)Nc2ccc(C(=O)N/N=C\c3ccc(F)cc3)cc2)cc(OC)c1OC. The molecule has 170 valence electrons. The molecule has 9 heteroatoms. The van der Waals surface area contributed by atoms with Crippen LogP contribution in [0.3, 0.4) is 0 Å². The molecule has 0 radical (unpaired) electrons. The van der Waals surface area contributed by atoms with E-state index < -0.39 is 11.8 Å². The third-order valence-corrected chi connectivity index (χ3v) is 4.58. The Morgan fingerprint density at radius 1 is 0.818 bits per heavy atom. The lowest BCUT2D eigenvalue weighted by molar-refractivity contribution is 0.0954. The summed E-state index contributed by atoms with van der Waals surface area (Å²) >= 11 is 0. The molecule has 0 saturated heterocycles. The van der Waals surface area contributed by atoms with Gasteiger partial charge >= 0.3 is 0 Å². The number of nitrogens with zero attached hydrogens (tertiary/aromatic N) is 1. The van der Waals surface area contributed by atoms with E-state index >= 15 is 0 Å². The highest BCUT2D eigenvalue weighted by Gasteiger charge is 2.17. The minimum Gasteiger partial charge on any atom is -0.493 e. The van der Waals surface area contributed by atoms with Gasteiger partial charge in [0.1, 0.15) is 5.82 Å². The molecule has 0 bridgehead atoms. The molecule has 0 unspecified atom stereocenters. The number of anilines is 1. The lowest BCUT2D eigenvalue weighted by Crippen LogP contribution is -2.18. The molecule has 0 saturated carbocycles. The number of rotatable bonds is 8. The molecule has 0 atom stereocenters. The summed E-state index contributed by atoms with van der Waals surface area (Å²) in [5.41, 5.74) is 4.17. The first-order chi connectivity index (χ1) is 15.9. The number of hydrogen-bond donors (Lipinski definition) is 2. The molecule has 0 aliphatic rings. The molecule has 8 nitrogen and oxygen atoms in total. The molecule has 0 spiro atoms. The summed E-state index contributed by atoms with van der Waals surface area (Å²) in [7, 11) is 4.41. The summed E-state index contributed by atoms with van der Waals surface area (Å²) in [6.07, 6.45) is 1.41. The van der Waals surface area contributed by atoms with Gasteiger partial charge in [0, 0.05) is 16.8 Å². The Kier molecular flexibility index (Phi) is 7.59. The van der Waals surface area contributed by atoms with Crippen LogP contribution in [-0.2, 0) is 0 Å². The smallest absolute Gasteiger partial charge is 0.271 e. The van der Waals surface area contributed by atoms with Crippen LogP contribution in [0.2, 0.25) is 0 Å². The standard InChI is InChI=1S/C24H22FN3O5/c1-31-20-12-17(13-21(32-2)22(20)33-3)23(29)27-19-10-6-16(7-11-19)24(30)28-26-14-15-4-8-18(25)9-5-15/h4-14H,1-3H3,(H,27,29)(H,28,30)/b26-14-. The molecule has 0 fully saturated rings. The fourth-order valence-corrected chi connectivity index (χ4v) is 2.90. The molecule has 2 amide bonds. The normalized spacial score (nSPS) is 10.5. The van der Waals surface area contributed by atoms with Crippen molar-refractivity contribution in [3.8, 4) is 17.2 Å². The maximum Gasteiger partial charge on any atom is 0.271 e. The predicted octanol–water partition coefficient (Wildman–Crippen LogP) is 3.87. The minimum atomic E-state index is -0.434. The largest absolute Gasteiger partial charge is 0.493 e. The first kappa shape index (κ1) is 23.3. The number of methoxy groups -OCH3 is 3. The van der Waals surface area contributed by atoms with Crippen molar-refractivity contribution in [1.82, 2.24) is 5.43 Å². The second-order valence-corrected chi connectivity index (χ2v) is 6.70. The lowest BCUT2D eigenvalue weighted by Gasteiger charge is -2.14. The van der Waals surface area contributed by atoms with Crippen molar-refractivity contribution in [3.63, 3.8) is 0 Å². The molecule has 3 aromatic rings. The van der Waals surface area contributed by atoms with Gasteiger partial charge in [0.25, 0.3) is 11.8 Å². The maximum atomic E-state index is 12.9. The van der Waals surface area contributed by atoms with Crippen molar-refractivity contribution in [1.29, 1.82) is 0 Å². The second kappa shape index (κ2) is 10.8. The zero-order valence-electron chi connectivity index (χ0n) is 18.2. The number of nitrogens with one attached hydrogen (secondary N) is 2. The van der Waals surface area contributed by atoms with Gasteiger partial charge in [-0.05, 0) is 54.1 Å². The average Bonchev–Trinajstić information content (AvgIpc) is 2.84. The van der Waals surface area contributed by atoms with E-state index in [2.05, 4.69) is 15.8 Å². The van der Waals surface area contributed by atoms with E-state index in [1.54, 1.807) is 24.3 Å². The van der Waals surface area contributed by atoms with E-state index in [9.17, 15) is 14.0 Å². The number of benzene rings is 3. The van der Waals surface area contributed by atoms with Crippen LogP contribution in [-0.4, -0.2) is 39.4 Å². The Labute approximate surface area is 190 Å². The van der Waals surface area contributed by atoms with Gasteiger partial charge in [-0.3, -0.25) is 9.59 Å². The fourth-order valence-electron chi connectivity index (χ4n) is 2.90. The van der Waals surface area contributed by atoms with Gasteiger partial charge in [0.15, 0.2) is 11.5 Å². The Balaban J connectivity index is 1.64. The molecule has 0 heterocycles. The Morgan fingerprint density at radius 3 is 1.97 bits per heavy atom. The maximum absolute atomic E-state index is 12.9. The van der Waals surface area contributed by atoms with E-state index in [1.807, 2.05) is 0 Å².